The third-order valence-corrected chi connectivity index (χ3v) is 6.09. The molecule has 0 radical (unpaired) electrons. The van der Waals surface area contributed by atoms with E-state index in [-0.39, 0.29) is 5.54 Å². The molecule has 19 heavy (non-hydrogen) atoms. The van der Waals surface area contributed by atoms with Gasteiger partial charge in [-0.15, -0.1) is 0 Å². The number of aliphatic imine (C=N–C) groups is 1. The molecule has 0 bridgehead atoms. The molecule has 2 aliphatic heterocycles. The highest BCUT2D eigenvalue weighted by Crippen LogP contribution is 2.43. The second-order valence-corrected chi connectivity index (χ2v) is 7.57. The highest BCUT2D eigenvalue weighted by Gasteiger charge is 2.48. The molecule has 0 amide bonds. The molecule has 0 aliphatic carbocycles. The normalized spacial score (nSPS) is 30.7. The molecule has 1 spiro atoms. The molecule has 2 atom stereocenters. The van der Waals surface area contributed by atoms with Crippen LogP contribution in [0.4, 0.5) is 5.69 Å². The molecule has 0 aromatic heterocycles. The van der Waals surface area contributed by atoms with E-state index in [4.69, 9.17) is 5.73 Å². The third-order valence-electron chi connectivity index (χ3n) is 4.13. The predicted octanol–water partition coefficient (Wildman–Crippen LogP) is 3.24. The van der Waals surface area contributed by atoms with Gasteiger partial charge in [0.25, 0.3) is 0 Å². The first kappa shape index (κ1) is 13.3. The van der Waals surface area contributed by atoms with E-state index in [1.165, 1.54) is 12.2 Å². The number of rotatable bonds is 1. The van der Waals surface area contributed by atoms with Gasteiger partial charge in [0.05, 0.1) is 12.1 Å². The quantitative estimate of drug-likeness (QED) is 0.853. The van der Waals surface area contributed by atoms with Gasteiger partial charge in [-0.05, 0) is 36.8 Å². The van der Waals surface area contributed by atoms with E-state index in [1.807, 2.05) is 17.8 Å². The van der Waals surface area contributed by atoms with E-state index in [0.29, 0.717) is 11.2 Å². The van der Waals surface area contributed by atoms with Gasteiger partial charge in [0, 0.05) is 15.4 Å². The molecule has 5 heteroatoms. The lowest BCUT2D eigenvalue weighted by Gasteiger charge is -2.46. The Morgan fingerprint density at radius 2 is 2.37 bits per heavy atom. The molecule has 2 N–H and O–H groups in total. The van der Waals surface area contributed by atoms with Crippen LogP contribution < -0.4 is 10.6 Å². The lowest BCUT2D eigenvalue weighted by molar-refractivity contribution is 0.404. The van der Waals surface area contributed by atoms with E-state index in [1.54, 1.807) is 0 Å². The standard InChI is InChI=1S/C14H18BrN3S/c1-10-14(6-3-7-19-10)9-17-13(16)18(14)12-5-2-4-11(15)8-12/h2,4-5,8,10H,3,6-7,9H2,1H3,(H2,16,17). The van der Waals surface area contributed by atoms with Crippen LogP contribution in [-0.2, 0) is 0 Å². The molecule has 1 aromatic carbocycles. The van der Waals surface area contributed by atoms with Crippen LogP contribution in [0.3, 0.4) is 0 Å². The molecule has 1 saturated heterocycles. The molecular formula is C14H18BrN3S. The summed E-state index contributed by atoms with van der Waals surface area (Å²) in [5, 5.41) is 0.546. The summed E-state index contributed by atoms with van der Waals surface area (Å²) in [6.45, 7) is 3.13. The van der Waals surface area contributed by atoms with Crippen molar-refractivity contribution in [1.82, 2.24) is 0 Å². The number of halogens is 1. The van der Waals surface area contributed by atoms with Crippen LogP contribution in [0, 0.1) is 0 Å². The van der Waals surface area contributed by atoms with Crippen LogP contribution in [0.15, 0.2) is 33.7 Å². The van der Waals surface area contributed by atoms with Crippen molar-refractivity contribution in [1.29, 1.82) is 0 Å². The van der Waals surface area contributed by atoms with Gasteiger partial charge < -0.3 is 10.6 Å². The van der Waals surface area contributed by atoms with Crippen molar-refractivity contribution in [3.8, 4) is 0 Å². The van der Waals surface area contributed by atoms with Crippen LogP contribution in [0.1, 0.15) is 19.8 Å². The van der Waals surface area contributed by atoms with E-state index in [9.17, 15) is 0 Å². The maximum Gasteiger partial charge on any atom is 0.196 e. The van der Waals surface area contributed by atoms with Crippen molar-refractivity contribution in [3.63, 3.8) is 0 Å². The molecular weight excluding hydrogens is 322 g/mol. The summed E-state index contributed by atoms with van der Waals surface area (Å²) in [7, 11) is 0. The summed E-state index contributed by atoms with van der Waals surface area (Å²) < 4.78 is 1.08. The van der Waals surface area contributed by atoms with Gasteiger partial charge in [-0.25, -0.2) is 0 Å². The predicted molar refractivity (Wildman–Crippen MR) is 87.0 cm³/mol. The summed E-state index contributed by atoms with van der Waals surface area (Å²) in [5.41, 5.74) is 7.38. The lowest BCUT2D eigenvalue weighted by Crippen LogP contribution is -2.58. The first-order chi connectivity index (χ1) is 9.13. The van der Waals surface area contributed by atoms with Crippen molar-refractivity contribution in [2.75, 3.05) is 17.2 Å². The second kappa shape index (κ2) is 5.02. The maximum atomic E-state index is 6.18. The monoisotopic (exact) mass is 339 g/mol. The van der Waals surface area contributed by atoms with Crippen molar-refractivity contribution < 1.29 is 0 Å². The van der Waals surface area contributed by atoms with Gasteiger partial charge in [0.15, 0.2) is 5.96 Å². The second-order valence-electron chi connectivity index (χ2n) is 5.21. The minimum atomic E-state index is 0.0633. The zero-order valence-corrected chi connectivity index (χ0v) is 13.4. The van der Waals surface area contributed by atoms with Gasteiger partial charge in [-0.2, -0.15) is 11.8 Å². The number of guanidine groups is 1. The fraction of sp³-hybridized carbons (Fsp3) is 0.500. The SMILES string of the molecule is CC1SCCCC12CN=C(N)N2c1cccc(Br)c1. The van der Waals surface area contributed by atoms with Gasteiger partial charge in [0.2, 0.25) is 0 Å². The molecule has 1 fully saturated rings. The maximum absolute atomic E-state index is 6.18. The van der Waals surface area contributed by atoms with Gasteiger partial charge in [-0.1, -0.05) is 28.9 Å². The Kier molecular flexibility index (Phi) is 3.52. The first-order valence-electron chi connectivity index (χ1n) is 6.61. The number of hydrogen-bond donors (Lipinski definition) is 1. The van der Waals surface area contributed by atoms with Gasteiger partial charge >= 0.3 is 0 Å². The van der Waals surface area contributed by atoms with Crippen molar-refractivity contribution in [3.05, 3.63) is 28.7 Å². The van der Waals surface area contributed by atoms with Crippen LogP contribution in [0.2, 0.25) is 0 Å². The molecule has 3 nitrogen and oxygen atoms in total. The molecule has 2 heterocycles. The van der Waals surface area contributed by atoms with E-state index < -0.39 is 0 Å². The van der Waals surface area contributed by atoms with Gasteiger partial charge in [-0.3, -0.25) is 4.99 Å². The average Bonchev–Trinajstić information content (AvgIpc) is 2.71. The molecule has 1 aromatic rings. The van der Waals surface area contributed by atoms with E-state index in [0.717, 1.165) is 23.1 Å². The number of hydrogen-bond acceptors (Lipinski definition) is 4. The number of nitrogens with zero attached hydrogens (tertiary/aromatic N) is 2. The Morgan fingerprint density at radius 1 is 1.53 bits per heavy atom. The van der Waals surface area contributed by atoms with Crippen LogP contribution >= 0.6 is 27.7 Å². The number of nitrogens with two attached hydrogens (primary N) is 1. The Bertz CT molecular complexity index is 519. The summed E-state index contributed by atoms with van der Waals surface area (Å²) in [4.78, 5) is 6.80. The number of anilines is 1. The summed E-state index contributed by atoms with van der Waals surface area (Å²) >= 11 is 5.58. The first-order valence-corrected chi connectivity index (χ1v) is 8.45. The Balaban J connectivity index is 2.03. The third kappa shape index (κ3) is 2.17. The van der Waals surface area contributed by atoms with Crippen LogP contribution in [0.25, 0.3) is 0 Å². The lowest BCUT2D eigenvalue weighted by atomic mass is 9.88. The summed E-state index contributed by atoms with van der Waals surface area (Å²) in [6.07, 6.45) is 2.40. The highest BCUT2D eigenvalue weighted by molar-refractivity contribution is 9.10. The average molecular weight is 340 g/mol. The largest absolute Gasteiger partial charge is 0.369 e. The molecule has 0 saturated carbocycles. The number of benzene rings is 1. The van der Waals surface area contributed by atoms with Crippen molar-refractivity contribution >= 4 is 39.3 Å². The van der Waals surface area contributed by atoms with E-state index in [2.05, 4.69) is 50.9 Å². The fourth-order valence-corrected chi connectivity index (χ4v) is 4.75. The molecule has 102 valence electrons. The minimum absolute atomic E-state index is 0.0633. The zero-order valence-electron chi connectivity index (χ0n) is 11.0. The number of thioether (sulfide) groups is 1. The zero-order chi connectivity index (χ0) is 13.5. The Morgan fingerprint density at radius 3 is 3.11 bits per heavy atom. The Hall–Kier alpha value is -0.680. The highest BCUT2D eigenvalue weighted by atomic mass is 79.9. The molecule has 2 unspecified atom stereocenters. The van der Waals surface area contributed by atoms with Crippen molar-refractivity contribution in [2.45, 2.75) is 30.6 Å². The molecule has 2 aliphatic rings. The smallest absolute Gasteiger partial charge is 0.196 e. The van der Waals surface area contributed by atoms with Crippen LogP contribution in [0.5, 0.6) is 0 Å². The van der Waals surface area contributed by atoms with Crippen LogP contribution in [-0.4, -0.2) is 29.0 Å². The van der Waals surface area contributed by atoms with Gasteiger partial charge in [0.1, 0.15) is 0 Å². The minimum Gasteiger partial charge on any atom is -0.369 e. The fourth-order valence-electron chi connectivity index (χ4n) is 3.09. The molecule has 3 rings (SSSR count). The topological polar surface area (TPSA) is 41.6 Å². The van der Waals surface area contributed by atoms with Crippen molar-refractivity contribution in [2.24, 2.45) is 10.7 Å². The summed E-state index contributed by atoms with van der Waals surface area (Å²) in [5.74, 6) is 1.90. The van der Waals surface area contributed by atoms with E-state index >= 15 is 0 Å². The summed E-state index contributed by atoms with van der Waals surface area (Å²) in [6, 6.07) is 8.34. The Labute approximate surface area is 126 Å².